The van der Waals surface area contributed by atoms with Crippen LogP contribution >= 0.6 is 0 Å². The summed E-state index contributed by atoms with van der Waals surface area (Å²) >= 11 is 0. The molecule has 3 aliphatic rings. The van der Waals surface area contributed by atoms with Gasteiger partial charge in [-0.3, -0.25) is 19.3 Å². The number of likely N-dealkylation sites (N-methyl/N-ethyl adjacent to an activating group) is 1. The Kier molecular flexibility index (Phi) is 4.53. The Bertz CT molecular complexity index is 1120. The molecule has 4 atom stereocenters. The van der Waals surface area contributed by atoms with Crippen LogP contribution in [0, 0.1) is 18.8 Å². The van der Waals surface area contributed by atoms with Crippen molar-refractivity contribution in [1.29, 1.82) is 0 Å². The molecule has 1 fully saturated rings. The highest BCUT2D eigenvalue weighted by molar-refractivity contribution is 6.24. The maximum atomic E-state index is 13.6. The number of carbonyl (C=O) groups excluding carboxylic acids is 3. The van der Waals surface area contributed by atoms with Gasteiger partial charge in [0, 0.05) is 22.7 Å². The number of fused-ring (bicyclic) bond motifs is 3. The van der Waals surface area contributed by atoms with Gasteiger partial charge in [0.25, 0.3) is 5.91 Å². The number of nitrogens with zero attached hydrogens (tertiary/aromatic N) is 1. The minimum Gasteiger partial charge on any atom is -0.508 e. The summed E-state index contributed by atoms with van der Waals surface area (Å²) in [5.74, 6) is -5.78. The lowest BCUT2D eigenvalue weighted by Crippen LogP contribution is -2.65. The first-order chi connectivity index (χ1) is 14.4. The highest BCUT2D eigenvalue weighted by Crippen LogP contribution is 2.52. The molecular weight excluding hydrogens is 402 g/mol. The van der Waals surface area contributed by atoms with E-state index in [1.54, 1.807) is 26.2 Å². The van der Waals surface area contributed by atoms with Crippen LogP contribution in [0.3, 0.4) is 0 Å². The van der Waals surface area contributed by atoms with E-state index in [0.717, 1.165) is 11.1 Å². The van der Waals surface area contributed by atoms with E-state index in [4.69, 9.17) is 11.5 Å². The first-order valence-electron chi connectivity index (χ1n) is 9.95. The summed E-state index contributed by atoms with van der Waals surface area (Å²) in [5, 5.41) is 33.2. The third-order valence-electron chi connectivity index (χ3n) is 6.83. The van der Waals surface area contributed by atoms with E-state index in [9.17, 15) is 29.7 Å². The Morgan fingerprint density at radius 2 is 1.87 bits per heavy atom. The molecule has 1 saturated carbocycles. The van der Waals surface area contributed by atoms with Crippen LogP contribution < -0.4 is 11.5 Å². The molecule has 0 heterocycles. The van der Waals surface area contributed by atoms with Crippen molar-refractivity contribution in [3.63, 3.8) is 0 Å². The summed E-state index contributed by atoms with van der Waals surface area (Å²) in [6, 6.07) is 2.28. The van der Waals surface area contributed by atoms with Crippen molar-refractivity contribution in [1.82, 2.24) is 4.90 Å². The molecule has 1 aromatic carbocycles. The first-order valence-corrected chi connectivity index (χ1v) is 9.95. The zero-order valence-corrected chi connectivity index (χ0v) is 17.5. The molecule has 0 aromatic heterocycles. The van der Waals surface area contributed by atoms with Crippen molar-refractivity contribution in [2.24, 2.45) is 17.6 Å². The van der Waals surface area contributed by atoms with E-state index in [1.165, 1.54) is 4.90 Å². The van der Waals surface area contributed by atoms with Gasteiger partial charge in [0.05, 0.1) is 6.04 Å². The maximum Gasteiger partial charge on any atom is 0.255 e. The Balaban J connectivity index is 1.98. The lowest BCUT2D eigenvalue weighted by molar-refractivity contribution is -0.153. The van der Waals surface area contributed by atoms with Gasteiger partial charge < -0.3 is 26.8 Å². The number of anilines is 1. The molecule has 0 spiro atoms. The predicted octanol–water partition coefficient (Wildman–Crippen LogP) is 0.149. The standard InChI is InChI=1S/C22H25N3O6/c1-8-4-10(23)7-12-11(8)5-9-6-13-16(25(2)3)18(27)15(21(24)30)20(29)22(13,31)19(28)14(9)17(12)26/h4,7,9,13,16,26,29,31H,5-6,23H2,1-3H3,(H2,24,30)/t9-,13-,16-,22-/m0/s1. The molecule has 0 radical (unpaired) electrons. The molecule has 1 aromatic rings. The lowest BCUT2D eigenvalue weighted by Gasteiger charge is -2.50. The van der Waals surface area contributed by atoms with Crippen LogP contribution in [-0.4, -0.2) is 63.4 Å². The van der Waals surface area contributed by atoms with Crippen LogP contribution in [0.5, 0.6) is 0 Å². The fourth-order valence-corrected chi connectivity index (χ4v) is 5.47. The van der Waals surface area contributed by atoms with Crippen molar-refractivity contribution < 1.29 is 29.7 Å². The minimum atomic E-state index is -2.56. The largest absolute Gasteiger partial charge is 0.508 e. The Labute approximate surface area is 178 Å². The molecule has 9 heteroatoms. The molecule has 0 bridgehead atoms. The van der Waals surface area contributed by atoms with Crippen LogP contribution in [0.4, 0.5) is 5.69 Å². The Morgan fingerprint density at radius 1 is 1.23 bits per heavy atom. The normalized spacial score (nSPS) is 30.3. The fourth-order valence-electron chi connectivity index (χ4n) is 5.47. The second-order valence-electron chi connectivity index (χ2n) is 8.83. The summed E-state index contributed by atoms with van der Waals surface area (Å²) in [7, 11) is 3.17. The average molecular weight is 427 g/mol. The van der Waals surface area contributed by atoms with E-state index in [2.05, 4.69) is 0 Å². The summed E-state index contributed by atoms with van der Waals surface area (Å²) in [5.41, 5.74) is 10.3. The summed E-state index contributed by atoms with van der Waals surface area (Å²) < 4.78 is 0. The number of benzene rings is 1. The lowest BCUT2D eigenvalue weighted by atomic mass is 9.57. The molecule has 9 nitrogen and oxygen atoms in total. The number of ketones is 2. The van der Waals surface area contributed by atoms with E-state index in [1.807, 2.05) is 6.92 Å². The summed E-state index contributed by atoms with van der Waals surface area (Å²) in [4.78, 5) is 40.0. The number of nitrogen functional groups attached to an aromatic ring is 1. The number of aryl methyl sites for hydroxylation is 1. The number of aliphatic hydroxyl groups excluding tert-OH is 2. The molecule has 0 unspecified atom stereocenters. The third-order valence-corrected chi connectivity index (χ3v) is 6.83. The number of primary amides is 1. The smallest absolute Gasteiger partial charge is 0.255 e. The van der Waals surface area contributed by atoms with E-state index >= 15 is 0 Å². The number of rotatable bonds is 2. The van der Waals surface area contributed by atoms with Crippen molar-refractivity contribution in [2.75, 3.05) is 19.8 Å². The zero-order chi connectivity index (χ0) is 23.0. The number of Topliss-reactive ketones (excluding diaryl/α,β-unsaturated/α-hetero) is 2. The number of hydrogen-bond acceptors (Lipinski definition) is 8. The number of hydrogen-bond donors (Lipinski definition) is 5. The van der Waals surface area contributed by atoms with Gasteiger partial charge in [-0.1, -0.05) is 0 Å². The molecule has 3 aliphatic carbocycles. The number of carbonyl (C=O) groups is 3. The van der Waals surface area contributed by atoms with Gasteiger partial charge in [-0.25, -0.2) is 0 Å². The Hall–Kier alpha value is -3.17. The van der Waals surface area contributed by atoms with E-state index in [-0.39, 0.29) is 17.8 Å². The molecule has 1 amide bonds. The van der Waals surface area contributed by atoms with Gasteiger partial charge in [-0.05, 0) is 63.0 Å². The van der Waals surface area contributed by atoms with Gasteiger partial charge in [0.15, 0.2) is 11.4 Å². The molecular formula is C22H25N3O6. The minimum absolute atomic E-state index is 0.0431. The van der Waals surface area contributed by atoms with E-state index in [0.29, 0.717) is 17.7 Å². The Morgan fingerprint density at radius 3 is 2.45 bits per heavy atom. The molecule has 0 saturated heterocycles. The number of amides is 1. The monoisotopic (exact) mass is 427 g/mol. The number of nitrogens with two attached hydrogens (primary N) is 2. The molecule has 7 N–H and O–H groups in total. The predicted molar refractivity (Wildman–Crippen MR) is 112 cm³/mol. The molecule has 164 valence electrons. The summed E-state index contributed by atoms with van der Waals surface area (Å²) in [6.07, 6.45) is 0.538. The van der Waals surface area contributed by atoms with Crippen molar-refractivity contribution >= 4 is 28.9 Å². The zero-order valence-electron chi connectivity index (χ0n) is 17.5. The summed E-state index contributed by atoms with van der Waals surface area (Å²) in [6.45, 7) is 1.86. The van der Waals surface area contributed by atoms with Gasteiger partial charge in [0.1, 0.15) is 17.1 Å². The fraction of sp³-hybridized carbons (Fsp3) is 0.409. The quantitative estimate of drug-likeness (QED) is 0.328. The van der Waals surface area contributed by atoms with Crippen LogP contribution in [-0.2, 0) is 20.8 Å². The SMILES string of the molecule is Cc1cc(N)cc2c1C[C@H]1C[C@H]3[C@H](N(C)C)C(=O)C(C(N)=O)=C(O)[C@@]3(O)C(=O)C1=C2O. The van der Waals surface area contributed by atoms with Crippen LogP contribution in [0.25, 0.3) is 5.76 Å². The van der Waals surface area contributed by atoms with Crippen molar-refractivity contribution in [2.45, 2.75) is 31.4 Å². The first kappa shape index (κ1) is 21.1. The van der Waals surface area contributed by atoms with Crippen LogP contribution in [0.2, 0.25) is 0 Å². The highest BCUT2D eigenvalue weighted by atomic mass is 16.3. The third kappa shape index (κ3) is 2.66. The van der Waals surface area contributed by atoms with Crippen LogP contribution in [0.15, 0.2) is 29.0 Å². The van der Waals surface area contributed by atoms with E-state index < -0.39 is 52.3 Å². The van der Waals surface area contributed by atoms with Gasteiger partial charge in [-0.2, -0.15) is 0 Å². The number of aliphatic hydroxyl groups is 3. The van der Waals surface area contributed by atoms with Crippen molar-refractivity contribution in [3.05, 3.63) is 45.7 Å². The molecule has 31 heavy (non-hydrogen) atoms. The topological polar surface area (TPSA) is 167 Å². The van der Waals surface area contributed by atoms with Gasteiger partial charge in [0.2, 0.25) is 5.78 Å². The molecule has 0 aliphatic heterocycles. The van der Waals surface area contributed by atoms with Gasteiger partial charge in [-0.15, -0.1) is 0 Å². The second kappa shape index (κ2) is 6.66. The van der Waals surface area contributed by atoms with Gasteiger partial charge >= 0.3 is 0 Å². The second-order valence-corrected chi connectivity index (χ2v) is 8.83. The maximum absolute atomic E-state index is 13.6. The highest BCUT2D eigenvalue weighted by Gasteiger charge is 2.64. The van der Waals surface area contributed by atoms with Crippen LogP contribution in [0.1, 0.15) is 23.1 Å². The van der Waals surface area contributed by atoms with Crippen molar-refractivity contribution in [3.8, 4) is 0 Å². The molecule has 4 rings (SSSR count). The average Bonchev–Trinajstić information content (AvgIpc) is 2.65.